The van der Waals surface area contributed by atoms with E-state index in [2.05, 4.69) is 25.7 Å². The van der Waals surface area contributed by atoms with Crippen molar-refractivity contribution in [1.29, 1.82) is 0 Å². The fourth-order valence-corrected chi connectivity index (χ4v) is 5.79. The van der Waals surface area contributed by atoms with Crippen LogP contribution in [0.4, 0.5) is 27.6 Å². The Balaban J connectivity index is 1.22. The van der Waals surface area contributed by atoms with Crippen molar-refractivity contribution in [2.24, 2.45) is 5.92 Å². The van der Waals surface area contributed by atoms with Crippen LogP contribution in [0.25, 0.3) is 0 Å². The van der Waals surface area contributed by atoms with Crippen molar-refractivity contribution in [3.05, 3.63) is 70.2 Å². The first kappa shape index (κ1) is 35.5. The average Bonchev–Trinajstić information content (AvgIpc) is 3.45. The number of alkyl halides is 4. The highest BCUT2D eigenvalue weighted by Gasteiger charge is 2.31. The van der Waals surface area contributed by atoms with Crippen LogP contribution in [0.1, 0.15) is 41.7 Å². The van der Waals surface area contributed by atoms with Crippen LogP contribution in [0.2, 0.25) is 0 Å². The monoisotopic (exact) mass is 689 g/mol. The molecule has 2 aromatic heterocycles. The van der Waals surface area contributed by atoms with Gasteiger partial charge in [-0.15, -0.1) is 18.3 Å². The molecule has 1 unspecified atom stereocenters. The second-order valence-electron chi connectivity index (χ2n) is 11.0. The predicted molar refractivity (Wildman–Crippen MR) is 157 cm³/mol. The van der Waals surface area contributed by atoms with Crippen LogP contribution in [0.5, 0.6) is 5.75 Å². The van der Waals surface area contributed by atoms with Gasteiger partial charge in [-0.05, 0) is 48.9 Å². The number of piperidine rings is 1. The van der Waals surface area contributed by atoms with Crippen molar-refractivity contribution in [3.63, 3.8) is 0 Å². The zero-order chi connectivity index (χ0) is 34.4. The van der Waals surface area contributed by atoms with E-state index in [1.54, 1.807) is 0 Å². The summed E-state index contributed by atoms with van der Waals surface area (Å²) >= 11 is 0. The lowest BCUT2D eigenvalue weighted by Crippen LogP contribution is -2.38. The fourth-order valence-electron chi connectivity index (χ4n) is 4.92. The quantitative estimate of drug-likeness (QED) is 0.260. The number of halogens is 5. The molecule has 1 aliphatic heterocycles. The van der Waals surface area contributed by atoms with Gasteiger partial charge in [0, 0.05) is 38.8 Å². The molecule has 4 rings (SSSR count). The van der Waals surface area contributed by atoms with Crippen LogP contribution in [0, 0.1) is 11.7 Å². The Kier molecular flexibility index (Phi) is 11.3. The van der Waals surface area contributed by atoms with Gasteiger partial charge in [0.15, 0.2) is 5.69 Å². The van der Waals surface area contributed by atoms with Crippen molar-refractivity contribution >= 4 is 27.5 Å². The molecular weight excluding hydrogens is 657 g/mol. The molecule has 1 saturated heterocycles. The van der Waals surface area contributed by atoms with Crippen LogP contribution in [0.15, 0.2) is 47.5 Å². The molecule has 0 saturated carbocycles. The van der Waals surface area contributed by atoms with Crippen LogP contribution in [0.3, 0.4) is 0 Å². The van der Waals surface area contributed by atoms with E-state index in [9.17, 15) is 44.8 Å². The number of nitrogens with zero attached hydrogens (tertiary/aromatic N) is 5. The number of sulfonamides is 1. The number of nitrogens with one attached hydrogen (secondary N) is 2. The Morgan fingerprint density at radius 2 is 1.89 bits per heavy atom. The van der Waals surface area contributed by atoms with Crippen molar-refractivity contribution < 1.29 is 44.7 Å². The molecule has 47 heavy (non-hydrogen) atoms. The van der Waals surface area contributed by atoms with Gasteiger partial charge in [0.25, 0.3) is 11.5 Å². The molecule has 2 N–H and O–H groups in total. The Hall–Kier alpha value is -4.39. The summed E-state index contributed by atoms with van der Waals surface area (Å²) in [7, 11) is -3.31. The van der Waals surface area contributed by atoms with E-state index in [1.165, 1.54) is 34.9 Å². The van der Waals surface area contributed by atoms with Gasteiger partial charge in [0.2, 0.25) is 21.7 Å². The number of carbonyl (C=O) groups is 2. The molecule has 0 spiro atoms. The number of hydrogen-bond acceptors (Lipinski definition) is 8. The molecular formula is C28H32F5N7O6S. The third-order valence-corrected chi connectivity index (χ3v) is 8.62. The molecule has 1 aromatic carbocycles. The highest BCUT2D eigenvalue weighted by Crippen LogP contribution is 2.24. The summed E-state index contributed by atoms with van der Waals surface area (Å²) in [6.07, 6.45) is -2.18. The van der Waals surface area contributed by atoms with E-state index in [-0.39, 0.29) is 62.9 Å². The number of anilines is 1. The number of hydrogen-bond donors (Lipinski definition) is 2. The summed E-state index contributed by atoms with van der Waals surface area (Å²) < 4.78 is 97.2. The highest BCUT2D eigenvalue weighted by atomic mass is 32.2. The summed E-state index contributed by atoms with van der Waals surface area (Å²) in [4.78, 5) is 37.4. The molecule has 1 atom stereocenters. The molecule has 3 aromatic rings. The minimum atomic E-state index is -4.87. The maximum absolute atomic E-state index is 14.8. The highest BCUT2D eigenvalue weighted by molar-refractivity contribution is 7.88. The predicted octanol–water partition coefficient (Wildman–Crippen LogP) is 2.84. The van der Waals surface area contributed by atoms with E-state index in [0.717, 1.165) is 27.6 Å². The molecule has 3 heterocycles. The molecule has 1 aliphatic rings. The maximum Gasteiger partial charge on any atom is 0.573 e. The third kappa shape index (κ3) is 10.6. The Bertz CT molecular complexity index is 1740. The lowest BCUT2D eigenvalue weighted by Gasteiger charge is -2.29. The number of pyridine rings is 1. The van der Waals surface area contributed by atoms with E-state index in [1.807, 2.05) is 0 Å². The summed E-state index contributed by atoms with van der Waals surface area (Å²) in [5.41, 5.74) is -1.23. The third-order valence-electron chi connectivity index (χ3n) is 7.32. The molecule has 13 nitrogen and oxygen atoms in total. The zero-order valence-electron chi connectivity index (χ0n) is 25.0. The van der Waals surface area contributed by atoms with Crippen LogP contribution in [-0.2, 0) is 34.5 Å². The Morgan fingerprint density at radius 1 is 1.17 bits per heavy atom. The molecule has 0 bridgehead atoms. The smallest absolute Gasteiger partial charge is 0.406 e. The zero-order valence-corrected chi connectivity index (χ0v) is 25.9. The van der Waals surface area contributed by atoms with Gasteiger partial charge in [-0.25, -0.2) is 21.8 Å². The van der Waals surface area contributed by atoms with E-state index < -0.39 is 51.5 Å². The topological polar surface area (TPSA) is 158 Å². The van der Waals surface area contributed by atoms with Gasteiger partial charge in [-0.3, -0.25) is 14.4 Å². The maximum atomic E-state index is 14.8. The largest absolute Gasteiger partial charge is 0.573 e. The van der Waals surface area contributed by atoms with Crippen molar-refractivity contribution in [1.82, 2.24) is 29.2 Å². The standard InChI is InChI=1S/C28H32F5N7O6S/c1-47(44,45)40-11-5-18(6-12-40)14-24(41)35-22-8-10-38(27(43)25(22)30)9-7-20(29)16-39-17-23(36-37-39)26(42)34-15-19-3-2-4-21(13-19)46-28(31,32)33/h2-4,8,10,13,17-18,20H,5-7,9,11-12,14-16H2,1H3,(H,34,42)(H,35,41). The normalized spacial score (nSPS) is 15.3. The van der Waals surface area contributed by atoms with E-state index >= 15 is 0 Å². The molecule has 256 valence electrons. The first-order valence-corrected chi connectivity index (χ1v) is 16.2. The Morgan fingerprint density at radius 3 is 2.57 bits per heavy atom. The van der Waals surface area contributed by atoms with Gasteiger partial charge < -0.3 is 19.9 Å². The van der Waals surface area contributed by atoms with Crippen molar-refractivity contribution in [2.75, 3.05) is 24.7 Å². The number of ether oxygens (including phenoxy) is 1. The lowest BCUT2D eigenvalue weighted by atomic mass is 9.94. The molecule has 1 fully saturated rings. The number of aryl methyl sites for hydroxylation is 1. The number of benzene rings is 1. The number of aromatic nitrogens is 4. The first-order valence-electron chi connectivity index (χ1n) is 14.4. The van der Waals surface area contributed by atoms with E-state index in [4.69, 9.17) is 0 Å². The van der Waals surface area contributed by atoms with Gasteiger partial charge in [-0.2, -0.15) is 4.39 Å². The van der Waals surface area contributed by atoms with Crippen molar-refractivity contribution in [2.45, 2.75) is 57.9 Å². The van der Waals surface area contributed by atoms with Crippen molar-refractivity contribution in [3.8, 4) is 5.75 Å². The second kappa shape index (κ2) is 15.0. The number of amides is 2. The molecule has 2 amide bonds. The van der Waals surface area contributed by atoms with E-state index in [0.29, 0.717) is 18.4 Å². The first-order chi connectivity index (χ1) is 22.1. The molecule has 19 heteroatoms. The molecule has 0 radical (unpaired) electrons. The Labute approximate surface area is 265 Å². The number of rotatable bonds is 13. The van der Waals surface area contributed by atoms with Gasteiger partial charge in [0.1, 0.15) is 11.9 Å². The fraction of sp³-hybridized carbons (Fsp3) is 0.464. The summed E-state index contributed by atoms with van der Waals surface area (Å²) in [6, 6.07) is 6.21. The van der Waals surface area contributed by atoms with Crippen LogP contribution >= 0.6 is 0 Å². The van der Waals surface area contributed by atoms with Gasteiger partial charge in [0.05, 0.1) is 24.7 Å². The molecule has 0 aliphatic carbocycles. The van der Waals surface area contributed by atoms with Crippen LogP contribution < -0.4 is 20.9 Å². The summed E-state index contributed by atoms with van der Waals surface area (Å²) in [5, 5.41) is 12.2. The van der Waals surface area contributed by atoms with Crippen LogP contribution in [-0.4, -0.2) is 76.0 Å². The SMILES string of the molecule is CS(=O)(=O)N1CCC(CC(=O)Nc2ccn(CCC(F)Cn3cc(C(=O)NCc4cccc(OC(F)(F)F)c4)nn3)c(=O)c2F)CC1. The lowest BCUT2D eigenvalue weighted by molar-refractivity contribution is -0.274. The van der Waals surface area contributed by atoms with Gasteiger partial charge in [-0.1, -0.05) is 17.3 Å². The minimum absolute atomic E-state index is 0.0317. The second-order valence-corrected chi connectivity index (χ2v) is 13.0. The minimum Gasteiger partial charge on any atom is -0.406 e. The number of carbonyl (C=O) groups excluding carboxylic acids is 2. The summed E-state index contributed by atoms with van der Waals surface area (Å²) in [5.74, 6) is -2.99. The average molecular weight is 690 g/mol. The summed E-state index contributed by atoms with van der Waals surface area (Å²) in [6.45, 7) is -0.119. The van der Waals surface area contributed by atoms with Gasteiger partial charge >= 0.3 is 6.36 Å².